The summed E-state index contributed by atoms with van der Waals surface area (Å²) in [6.45, 7) is 2.98. The van der Waals surface area contributed by atoms with Gasteiger partial charge in [0.05, 0.1) is 17.1 Å². The van der Waals surface area contributed by atoms with Crippen LogP contribution < -0.4 is 0 Å². The molecule has 0 bridgehead atoms. The Bertz CT molecular complexity index is 707. The molecule has 0 radical (unpaired) electrons. The second kappa shape index (κ2) is 8.26. The van der Waals surface area contributed by atoms with E-state index < -0.39 is 0 Å². The summed E-state index contributed by atoms with van der Waals surface area (Å²) in [5, 5.41) is 16.1. The first-order valence-corrected chi connectivity index (χ1v) is 9.50. The van der Waals surface area contributed by atoms with Gasteiger partial charge in [-0.1, -0.05) is 18.2 Å². The van der Waals surface area contributed by atoms with Crippen molar-refractivity contribution < 1.29 is 4.42 Å². The van der Waals surface area contributed by atoms with Gasteiger partial charge in [-0.05, 0) is 25.8 Å². The molecule has 6 nitrogen and oxygen atoms in total. The Morgan fingerprint density at radius 1 is 1.26 bits per heavy atom. The zero-order chi connectivity index (χ0) is 15.9. The molecule has 0 amide bonds. The smallest absolute Gasteiger partial charge is 0.276 e. The van der Waals surface area contributed by atoms with Gasteiger partial charge >= 0.3 is 0 Å². The molecule has 0 aliphatic rings. The molecule has 0 N–H and O–H groups in total. The van der Waals surface area contributed by atoms with Crippen LogP contribution in [0.15, 0.2) is 33.5 Å². The molecular weight excluding hydrogens is 330 g/mol. The number of thiazole rings is 1. The predicted molar refractivity (Wildman–Crippen MR) is 90.8 cm³/mol. The van der Waals surface area contributed by atoms with Gasteiger partial charge in [0.15, 0.2) is 0 Å². The van der Waals surface area contributed by atoms with E-state index >= 15 is 0 Å². The SMILES string of the molecule is Cc1nc(Cc2nnc(SCCCCCn3cccn3)o2)cs1. The molecule has 3 heterocycles. The van der Waals surface area contributed by atoms with Crippen molar-refractivity contribution in [2.75, 3.05) is 5.75 Å². The van der Waals surface area contributed by atoms with Crippen LogP contribution in [0, 0.1) is 6.92 Å². The van der Waals surface area contributed by atoms with Crippen LogP contribution >= 0.6 is 23.1 Å². The van der Waals surface area contributed by atoms with Gasteiger partial charge in [0.25, 0.3) is 5.22 Å². The van der Waals surface area contributed by atoms with Crippen LogP contribution in [0.25, 0.3) is 0 Å². The van der Waals surface area contributed by atoms with Gasteiger partial charge in [0.2, 0.25) is 5.89 Å². The highest BCUT2D eigenvalue weighted by atomic mass is 32.2. The minimum absolute atomic E-state index is 0.613. The molecule has 0 aromatic carbocycles. The van der Waals surface area contributed by atoms with E-state index in [1.807, 2.05) is 35.4 Å². The van der Waals surface area contributed by atoms with Gasteiger partial charge in [-0.3, -0.25) is 4.68 Å². The van der Waals surface area contributed by atoms with Crippen LogP contribution in [0.2, 0.25) is 0 Å². The number of rotatable bonds is 9. The molecule has 0 saturated carbocycles. The maximum absolute atomic E-state index is 5.65. The Balaban J connectivity index is 1.33. The lowest BCUT2D eigenvalue weighted by Crippen LogP contribution is -1.98. The number of aryl methyl sites for hydroxylation is 2. The van der Waals surface area contributed by atoms with Gasteiger partial charge in [0.1, 0.15) is 0 Å². The predicted octanol–water partition coefficient (Wildman–Crippen LogP) is 3.58. The molecule has 0 aliphatic carbocycles. The van der Waals surface area contributed by atoms with Crippen LogP contribution in [-0.2, 0) is 13.0 Å². The summed E-state index contributed by atoms with van der Waals surface area (Å²) in [7, 11) is 0. The average molecular weight is 349 g/mol. The molecule has 8 heteroatoms. The van der Waals surface area contributed by atoms with Gasteiger partial charge < -0.3 is 4.42 Å². The van der Waals surface area contributed by atoms with Crippen molar-refractivity contribution in [3.8, 4) is 0 Å². The topological polar surface area (TPSA) is 69.6 Å². The minimum atomic E-state index is 0.613. The summed E-state index contributed by atoms with van der Waals surface area (Å²) >= 11 is 3.26. The monoisotopic (exact) mass is 349 g/mol. The Morgan fingerprint density at radius 2 is 2.22 bits per heavy atom. The van der Waals surface area contributed by atoms with Crippen LogP contribution in [0.4, 0.5) is 0 Å². The molecule has 0 aliphatic heterocycles. The van der Waals surface area contributed by atoms with E-state index in [0.29, 0.717) is 17.5 Å². The van der Waals surface area contributed by atoms with E-state index in [4.69, 9.17) is 4.42 Å². The second-order valence-corrected chi connectivity index (χ2v) is 7.28. The molecule has 23 heavy (non-hydrogen) atoms. The van der Waals surface area contributed by atoms with Crippen molar-refractivity contribution in [3.63, 3.8) is 0 Å². The van der Waals surface area contributed by atoms with E-state index in [1.54, 1.807) is 23.1 Å². The number of hydrogen-bond donors (Lipinski definition) is 0. The number of thioether (sulfide) groups is 1. The van der Waals surface area contributed by atoms with Gasteiger partial charge in [0, 0.05) is 30.1 Å². The summed E-state index contributed by atoms with van der Waals surface area (Å²) in [6, 6.07) is 1.95. The first-order valence-electron chi connectivity index (χ1n) is 7.63. The first kappa shape index (κ1) is 16.2. The highest BCUT2D eigenvalue weighted by Gasteiger charge is 2.09. The molecule has 0 spiro atoms. The van der Waals surface area contributed by atoms with Crippen LogP contribution in [-0.4, -0.2) is 30.7 Å². The molecule has 3 aromatic heterocycles. The van der Waals surface area contributed by atoms with Crippen molar-refractivity contribution in [1.29, 1.82) is 0 Å². The van der Waals surface area contributed by atoms with E-state index in [9.17, 15) is 0 Å². The van der Waals surface area contributed by atoms with Crippen molar-refractivity contribution in [1.82, 2.24) is 25.0 Å². The van der Waals surface area contributed by atoms with E-state index in [1.165, 1.54) is 6.42 Å². The zero-order valence-electron chi connectivity index (χ0n) is 13.0. The lowest BCUT2D eigenvalue weighted by molar-refractivity contribution is 0.419. The van der Waals surface area contributed by atoms with Crippen molar-refractivity contribution in [2.24, 2.45) is 0 Å². The van der Waals surface area contributed by atoms with Crippen molar-refractivity contribution in [2.45, 2.75) is 44.4 Å². The Hall–Kier alpha value is -1.67. The molecule has 0 atom stereocenters. The number of aromatic nitrogens is 5. The van der Waals surface area contributed by atoms with Crippen molar-refractivity contribution >= 4 is 23.1 Å². The standard InChI is InChI=1S/C15H19N5OS2/c1-12-17-13(11-23-12)10-14-18-19-15(21-14)22-9-4-2-3-7-20-8-5-6-16-20/h5-6,8,11H,2-4,7,9-10H2,1H3. The minimum Gasteiger partial charge on any atom is -0.416 e. The van der Waals surface area contributed by atoms with Gasteiger partial charge in [-0.15, -0.1) is 21.5 Å². The third-order valence-corrected chi connectivity index (χ3v) is 4.99. The van der Waals surface area contributed by atoms with Gasteiger partial charge in [-0.25, -0.2) is 4.98 Å². The maximum atomic E-state index is 5.65. The van der Waals surface area contributed by atoms with E-state index in [-0.39, 0.29) is 0 Å². The molecule has 0 saturated heterocycles. The zero-order valence-corrected chi connectivity index (χ0v) is 14.6. The fourth-order valence-corrected chi connectivity index (χ4v) is 3.55. The van der Waals surface area contributed by atoms with Crippen molar-refractivity contribution in [3.05, 3.63) is 40.4 Å². The molecule has 0 fully saturated rings. The Morgan fingerprint density at radius 3 is 3.00 bits per heavy atom. The lowest BCUT2D eigenvalue weighted by Gasteiger charge is -2.00. The third kappa shape index (κ3) is 5.18. The number of nitrogens with zero attached hydrogens (tertiary/aromatic N) is 5. The Labute approximate surface area is 143 Å². The largest absolute Gasteiger partial charge is 0.416 e. The number of unbranched alkanes of at least 4 members (excludes halogenated alkanes) is 2. The van der Waals surface area contributed by atoms with Crippen LogP contribution in [0.3, 0.4) is 0 Å². The highest BCUT2D eigenvalue weighted by Crippen LogP contribution is 2.20. The normalized spacial score (nSPS) is 11.2. The fraction of sp³-hybridized carbons (Fsp3) is 0.467. The highest BCUT2D eigenvalue weighted by molar-refractivity contribution is 7.99. The summed E-state index contributed by atoms with van der Waals surface area (Å²) in [5.41, 5.74) is 0.992. The Kier molecular flexibility index (Phi) is 5.82. The molecule has 122 valence electrons. The first-order chi connectivity index (χ1) is 11.3. The lowest BCUT2D eigenvalue weighted by atomic mass is 10.2. The number of hydrogen-bond acceptors (Lipinski definition) is 7. The average Bonchev–Trinajstić information content (AvgIpc) is 3.26. The molecule has 3 aromatic rings. The molecule has 0 unspecified atom stereocenters. The van der Waals surface area contributed by atoms with Crippen LogP contribution in [0.5, 0.6) is 0 Å². The quantitative estimate of drug-likeness (QED) is 0.434. The second-order valence-electron chi connectivity index (χ2n) is 5.17. The van der Waals surface area contributed by atoms with E-state index in [2.05, 4.69) is 20.3 Å². The summed E-state index contributed by atoms with van der Waals surface area (Å²) < 4.78 is 7.62. The van der Waals surface area contributed by atoms with E-state index in [0.717, 1.165) is 35.8 Å². The maximum Gasteiger partial charge on any atom is 0.276 e. The van der Waals surface area contributed by atoms with Gasteiger partial charge in [-0.2, -0.15) is 5.10 Å². The van der Waals surface area contributed by atoms with Crippen LogP contribution in [0.1, 0.15) is 35.9 Å². The summed E-state index contributed by atoms with van der Waals surface area (Å²) in [4.78, 5) is 4.41. The molecular formula is C15H19N5OS2. The fourth-order valence-electron chi connectivity index (χ4n) is 2.16. The molecule has 3 rings (SSSR count). The summed E-state index contributed by atoms with van der Waals surface area (Å²) in [6.07, 6.45) is 7.87. The third-order valence-electron chi connectivity index (χ3n) is 3.26. The summed E-state index contributed by atoms with van der Waals surface area (Å²) in [5.74, 6) is 1.63.